The van der Waals surface area contributed by atoms with Crippen LogP contribution in [-0.4, -0.2) is 4.99 Å². The zero-order valence-electron chi connectivity index (χ0n) is 8.38. The van der Waals surface area contributed by atoms with Crippen molar-refractivity contribution in [2.45, 2.75) is 20.3 Å². The molecule has 14 heavy (non-hydrogen) atoms. The van der Waals surface area contributed by atoms with Crippen LogP contribution in [0.2, 0.25) is 0 Å². The molecular weight excluding hydrogens is 197 g/mol. The van der Waals surface area contributed by atoms with Gasteiger partial charge in [-0.25, -0.2) is 4.39 Å². The van der Waals surface area contributed by atoms with Gasteiger partial charge >= 0.3 is 0 Å². The normalized spacial score (nSPS) is 11.4. The van der Waals surface area contributed by atoms with Crippen molar-refractivity contribution in [1.82, 2.24) is 0 Å². The molecule has 3 heteroatoms. The van der Waals surface area contributed by atoms with Gasteiger partial charge in [0.05, 0.1) is 4.99 Å². The van der Waals surface area contributed by atoms with E-state index in [-0.39, 0.29) is 11.2 Å². The van der Waals surface area contributed by atoms with Gasteiger partial charge in [-0.15, -0.1) is 0 Å². The fourth-order valence-corrected chi connectivity index (χ4v) is 1.28. The summed E-state index contributed by atoms with van der Waals surface area (Å²) in [6, 6.07) is 6.70. The Bertz CT molecular complexity index is 347. The number of hydrogen-bond acceptors (Lipinski definition) is 1. The Balaban J connectivity index is 2.89. The van der Waals surface area contributed by atoms with E-state index in [0.29, 0.717) is 17.0 Å². The summed E-state index contributed by atoms with van der Waals surface area (Å²) in [5, 5.41) is 0. The van der Waals surface area contributed by atoms with Crippen LogP contribution in [0.25, 0.3) is 0 Å². The lowest BCUT2D eigenvalue weighted by Crippen LogP contribution is -2.32. The Hall–Kier alpha value is -0.960. The molecule has 0 unspecified atom stereocenters. The van der Waals surface area contributed by atoms with Crippen LogP contribution in [0.15, 0.2) is 24.3 Å². The summed E-state index contributed by atoms with van der Waals surface area (Å²) in [7, 11) is 0. The maximum atomic E-state index is 13.3. The first-order valence-electron chi connectivity index (χ1n) is 4.47. The molecule has 0 aliphatic rings. The van der Waals surface area contributed by atoms with Gasteiger partial charge < -0.3 is 5.73 Å². The highest BCUT2D eigenvalue weighted by Crippen LogP contribution is 2.23. The first kappa shape index (κ1) is 11.1. The van der Waals surface area contributed by atoms with Gasteiger partial charge in [0.1, 0.15) is 5.82 Å². The summed E-state index contributed by atoms with van der Waals surface area (Å²) in [6.45, 7) is 3.84. The van der Waals surface area contributed by atoms with Crippen LogP contribution < -0.4 is 5.73 Å². The maximum absolute atomic E-state index is 13.3. The van der Waals surface area contributed by atoms with E-state index in [9.17, 15) is 4.39 Å². The molecule has 0 amide bonds. The highest BCUT2D eigenvalue weighted by molar-refractivity contribution is 7.80. The maximum Gasteiger partial charge on any atom is 0.126 e. The Labute approximate surface area is 89.1 Å². The zero-order chi connectivity index (χ0) is 10.8. The van der Waals surface area contributed by atoms with Crippen LogP contribution in [0.1, 0.15) is 19.4 Å². The Kier molecular flexibility index (Phi) is 3.21. The van der Waals surface area contributed by atoms with E-state index < -0.39 is 0 Å². The average Bonchev–Trinajstić information content (AvgIpc) is 2.08. The molecule has 1 aromatic carbocycles. The van der Waals surface area contributed by atoms with Crippen molar-refractivity contribution in [2.24, 2.45) is 11.1 Å². The number of thiocarbonyl (C=S) groups is 1. The molecule has 1 rings (SSSR count). The number of hydrogen-bond donors (Lipinski definition) is 1. The lowest BCUT2D eigenvalue weighted by molar-refractivity contribution is 0.501. The molecule has 0 fully saturated rings. The van der Waals surface area contributed by atoms with E-state index in [2.05, 4.69) is 0 Å². The Morgan fingerprint density at radius 2 is 2.00 bits per heavy atom. The topological polar surface area (TPSA) is 26.0 Å². The van der Waals surface area contributed by atoms with Crippen LogP contribution in [-0.2, 0) is 6.42 Å². The predicted octanol–water partition coefficient (Wildman–Crippen LogP) is 2.68. The van der Waals surface area contributed by atoms with Crippen LogP contribution in [0.4, 0.5) is 4.39 Å². The molecule has 0 radical (unpaired) electrons. The molecule has 0 saturated carbocycles. The van der Waals surface area contributed by atoms with Crippen molar-refractivity contribution in [2.75, 3.05) is 0 Å². The van der Waals surface area contributed by atoms with E-state index in [1.165, 1.54) is 6.07 Å². The molecule has 76 valence electrons. The third-order valence-corrected chi connectivity index (χ3v) is 2.81. The van der Waals surface area contributed by atoms with Gasteiger partial charge in [0.15, 0.2) is 0 Å². The fourth-order valence-electron chi connectivity index (χ4n) is 1.21. The second-order valence-corrected chi connectivity index (χ2v) is 4.46. The van der Waals surface area contributed by atoms with Gasteiger partial charge in [-0.1, -0.05) is 44.3 Å². The fraction of sp³-hybridized carbons (Fsp3) is 0.364. The summed E-state index contributed by atoms with van der Waals surface area (Å²) >= 11 is 4.93. The van der Waals surface area contributed by atoms with Gasteiger partial charge in [0, 0.05) is 5.41 Å². The zero-order valence-corrected chi connectivity index (χ0v) is 9.20. The number of halogens is 1. The number of nitrogens with two attached hydrogens (primary N) is 1. The number of benzene rings is 1. The highest BCUT2D eigenvalue weighted by Gasteiger charge is 2.22. The molecule has 1 nitrogen and oxygen atoms in total. The standard InChI is InChI=1S/C11H14FNS/c1-11(2,10(13)14)7-8-5-3-4-6-9(8)12/h3-6H,7H2,1-2H3,(H2,13,14). The van der Waals surface area contributed by atoms with Crippen molar-refractivity contribution in [3.8, 4) is 0 Å². The monoisotopic (exact) mass is 211 g/mol. The van der Waals surface area contributed by atoms with E-state index in [0.717, 1.165) is 0 Å². The van der Waals surface area contributed by atoms with Gasteiger partial charge in [-0.3, -0.25) is 0 Å². The second-order valence-electron chi connectivity index (χ2n) is 4.02. The quantitative estimate of drug-likeness (QED) is 0.778. The van der Waals surface area contributed by atoms with Gasteiger partial charge in [0.25, 0.3) is 0 Å². The lowest BCUT2D eigenvalue weighted by Gasteiger charge is -2.23. The van der Waals surface area contributed by atoms with Gasteiger partial charge in [-0.2, -0.15) is 0 Å². The second kappa shape index (κ2) is 4.05. The Morgan fingerprint density at radius 3 is 2.50 bits per heavy atom. The minimum Gasteiger partial charge on any atom is -0.393 e. The first-order chi connectivity index (χ1) is 6.43. The molecule has 1 aromatic rings. The average molecular weight is 211 g/mol. The molecular formula is C11H14FNS. The van der Waals surface area contributed by atoms with E-state index >= 15 is 0 Å². The van der Waals surface area contributed by atoms with Gasteiger partial charge in [0.2, 0.25) is 0 Å². The van der Waals surface area contributed by atoms with Crippen molar-refractivity contribution >= 4 is 17.2 Å². The SMILES string of the molecule is CC(C)(Cc1ccccc1F)C(N)=S. The van der Waals surface area contributed by atoms with E-state index in [4.69, 9.17) is 18.0 Å². The van der Waals surface area contributed by atoms with Crippen LogP contribution in [0.3, 0.4) is 0 Å². The predicted molar refractivity (Wildman–Crippen MR) is 60.7 cm³/mol. The Morgan fingerprint density at radius 1 is 1.43 bits per heavy atom. The minimum absolute atomic E-state index is 0.197. The molecule has 0 heterocycles. The van der Waals surface area contributed by atoms with Crippen LogP contribution in [0, 0.1) is 11.2 Å². The van der Waals surface area contributed by atoms with Crippen LogP contribution >= 0.6 is 12.2 Å². The van der Waals surface area contributed by atoms with Crippen molar-refractivity contribution in [3.63, 3.8) is 0 Å². The number of rotatable bonds is 3. The molecule has 2 N–H and O–H groups in total. The third kappa shape index (κ3) is 2.51. The summed E-state index contributed by atoms with van der Waals surface area (Å²) in [5.74, 6) is -0.197. The van der Waals surface area contributed by atoms with Gasteiger partial charge in [-0.05, 0) is 18.1 Å². The van der Waals surface area contributed by atoms with Crippen molar-refractivity contribution < 1.29 is 4.39 Å². The molecule has 0 spiro atoms. The van der Waals surface area contributed by atoms with E-state index in [1.807, 2.05) is 19.9 Å². The third-order valence-electron chi connectivity index (χ3n) is 2.26. The smallest absolute Gasteiger partial charge is 0.126 e. The molecule has 0 atom stereocenters. The summed E-state index contributed by atoms with van der Waals surface area (Å²) in [5.41, 5.74) is 5.90. The summed E-state index contributed by atoms with van der Waals surface area (Å²) < 4.78 is 13.3. The summed E-state index contributed by atoms with van der Waals surface area (Å²) in [6.07, 6.45) is 0.537. The lowest BCUT2D eigenvalue weighted by atomic mass is 9.85. The molecule has 0 aromatic heterocycles. The molecule has 0 saturated heterocycles. The molecule has 0 aliphatic heterocycles. The van der Waals surface area contributed by atoms with Crippen molar-refractivity contribution in [1.29, 1.82) is 0 Å². The molecule has 0 bridgehead atoms. The highest BCUT2D eigenvalue weighted by atomic mass is 32.1. The van der Waals surface area contributed by atoms with E-state index in [1.54, 1.807) is 12.1 Å². The van der Waals surface area contributed by atoms with Crippen molar-refractivity contribution in [3.05, 3.63) is 35.6 Å². The first-order valence-corrected chi connectivity index (χ1v) is 4.87. The van der Waals surface area contributed by atoms with Crippen LogP contribution in [0.5, 0.6) is 0 Å². The molecule has 0 aliphatic carbocycles. The minimum atomic E-state index is -0.336. The largest absolute Gasteiger partial charge is 0.393 e. The summed E-state index contributed by atoms with van der Waals surface area (Å²) in [4.78, 5) is 0.417.